The van der Waals surface area contributed by atoms with Crippen molar-refractivity contribution in [1.29, 1.82) is 5.26 Å². The van der Waals surface area contributed by atoms with Gasteiger partial charge in [-0.15, -0.1) is 11.3 Å². The Labute approximate surface area is 203 Å². The minimum atomic E-state index is -0.188. The average Bonchev–Trinajstić information content (AvgIpc) is 3.23. The van der Waals surface area contributed by atoms with E-state index in [-0.39, 0.29) is 12.1 Å². The summed E-state index contributed by atoms with van der Waals surface area (Å²) in [4.78, 5) is 14.5. The van der Waals surface area contributed by atoms with E-state index >= 15 is 0 Å². The lowest BCUT2D eigenvalue weighted by atomic mass is 9.93. The van der Waals surface area contributed by atoms with Crippen molar-refractivity contribution in [2.45, 2.75) is 57.1 Å². The Kier molecular flexibility index (Phi) is 6.79. The van der Waals surface area contributed by atoms with E-state index in [0.29, 0.717) is 18.8 Å². The molecule has 4 aromatic rings. The van der Waals surface area contributed by atoms with E-state index in [1.165, 1.54) is 5.56 Å². The van der Waals surface area contributed by atoms with E-state index in [1.54, 1.807) is 11.3 Å². The van der Waals surface area contributed by atoms with Gasteiger partial charge < -0.3 is 10.4 Å². The molecule has 2 aromatic heterocycles. The molecule has 34 heavy (non-hydrogen) atoms. The maximum absolute atomic E-state index is 9.84. The van der Waals surface area contributed by atoms with E-state index in [0.717, 1.165) is 64.3 Å². The number of anilines is 1. The van der Waals surface area contributed by atoms with Gasteiger partial charge >= 0.3 is 0 Å². The van der Waals surface area contributed by atoms with Gasteiger partial charge in [-0.1, -0.05) is 36.4 Å². The van der Waals surface area contributed by atoms with Crippen LogP contribution in [0.3, 0.4) is 0 Å². The third kappa shape index (κ3) is 5.58. The molecule has 0 unspecified atom stereocenters. The first-order valence-corrected chi connectivity index (χ1v) is 12.6. The van der Waals surface area contributed by atoms with Crippen LogP contribution in [-0.2, 0) is 19.3 Å². The number of aromatic nitrogens is 3. The van der Waals surface area contributed by atoms with Gasteiger partial charge in [-0.2, -0.15) is 5.26 Å². The van der Waals surface area contributed by atoms with Gasteiger partial charge in [-0.25, -0.2) is 15.0 Å². The molecular weight excluding hydrogens is 442 g/mol. The maximum Gasteiger partial charge on any atom is 0.223 e. The van der Waals surface area contributed by atoms with Crippen LogP contribution >= 0.6 is 11.3 Å². The van der Waals surface area contributed by atoms with Gasteiger partial charge in [0.1, 0.15) is 0 Å². The number of thiazole rings is 1. The molecule has 2 N–H and O–H groups in total. The number of fused-ring (bicyclic) bond motifs is 1. The molecule has 0 spiro atoms. The fourth-order valence-corrected chi connectivity index (χ4v) is 5.50. The van der Waals surface area contributed by atoms with Crippen LogP contribution in [-0.4, -0.2) is 32.2 Å². The molecule has 1 aliphatic carbocycles. The molecule has 0 atom stereocenters. The number of nitrogens with zero attached hydrogens (tertiary/aromatic N) is 4. The summed E-state index contributed by atoms with van der Waals surface area (Å²) in [6.45, 7) is 0. The quantitative estimate of drug-likeness (QED) is 0.393. The molecule has 5 rings (SSSR count). The van der Waals surface area contributed by atoms with Crippen LogP contribution in [0.4, 0.5) is 5.95 Å². The standard InChI is InChI=1S/C27H27N5OS/c28-13-12-19-6-11-24-25(15-19)34-26(32-24)17-22-16-21(14-18-4-2-1-3-5-18)30-27(31-22)29-20-7-9-23(33)10-8-20/h1-6,11,15-16,20,23,33H,7-10,12,14,17H2,(H,29,30,31). The molecule has 1 aliphatic rings. The number of benzene rings is 2. The number of aliphatic hydroxyl groups is 1. The topological polar surface area (TPSA) is 94.7 Å². The van der Waals surface area contributed by atoms with Crippen LogP contribution in [0.25, 0.3) is 10.2 Å². The molecule has 1 saturated carbocycles. The molecule has 6 nitrogen and oxygen atoms in total. The van der Waals surface area contributed by atoms with E-state index in [2.05, 4.69) is 35.7 Å². The summed E-state index contributed by atoms with van der Waals surface area (Å²) in [5.74, 6) is 0.655. The Morgan fingerprint density at radius 2 is 1.68 bits per heavy atom. The van der Waals surface area contributed by atoms with Crippen LogP contribution in [0.5, 0.6) is 0 Å². The van der Waals surface area contributed by atoms with Crippen molar-refractivity contribution < 1.29 is 5.11 Å². The zero-order valence-corrected chi connectivity index (χ0v) is 19.8. The summed E-state index contributed by atoms with van der Waals surface area (Å²) >= 11 is 1.65. The zero-order chi connectivity index (χ0) is 23.3. The summed E-state index contributed by atoms with van der Waals surface area (Å²) in [5.41, 5.74) is 5.10. The van der Waals surface area contributed by atoms with Gasteiger partial charge in [0, 0.05) is 18.9 Å². The van der Waals surface area contributed by atoms with Gasteiger partial charge in [-0.3, -0.25) is 0 Å². The maximum atomic E-state index is 9.84. The number of hydrogen-bond acceptors (Lipinski definition) is 7. The third-order valence-electron chi connectivity index (χ3n) is 6.20. The van der Waals surface area contributed by atoms with Crippen molar-refractivity contribution in [2.75, 3.05) is 5.32 Å². The summed E-state index contributed by atoms with van der Waals surface area (Å²) in [5, 5.41) is 23.3. The lowest BCUT2D eigenvalue weighted by Gasteiger charge is -2.26. The fraction of sp³-hybridized carbons (Fsp3) is 0.333. The van der Waals surface area contributed by atoms with E-state index in [1.807, 2.05) is 30.3 Å². The number of rotatable bonds is 7. The summed E-state index contributed by atoms with van der Waals surface area (Å²) in [6, 6.07) is 20.9. The van der Waals surface area contributed by atoms with Gasteiger partial charge in [-0.05, 0) is 55.0 Å². The summed E-state index contributed by atoms with van der Waals surface area (Å²) in [6.07, 6.45) is 5.07. The predicted octanol–water partition coefficient (Wildman–Crippen LogP) is 5.05. The molecule has 0 amide bonds. The lowest BCUT2D eigenvalue weighted by Crippen LogP contribution is -2.29. The molecular formula is C27H27N5OS. The second-order valence-corrected chi connectivity index (χ2v) is 10.0. The van der Waals surface area contributed by atoms with Crippen molar-refractivity contribution in [3.8, 4) is 6.07 Å². The molecule has 7 heteroatoms. The molecule has 2 heterocycles. The lowest BCUT2D eigenvalue weighted by molar-refractivity contribution is 0.126. The smallest absolute Gasteiger partial charge is 0.223 e. The highest BCUT2D eigenvalue weighted by Gasteiger charge is 2.20. The predicted molar refractivity (Wildman–Crippen MR) is 135 cm³/mol. The minimum Gasteiger partial charge on any atom is -0.393 e. The second kappa shape index (κ2) is 10.3. The highest BCUT2D eigenvalue weighted by Crippen LogP contribution is 2.26. The van der Waals surface area contributed by atoms with Crippen LogP contribution in [0, 0.1) is 11.3 Å². The fourth-order valence-electron chi connectivity index (χ4n) is 4.46. The molecule has 172 valence electrons. The number of aliphatic hydroxyl groups excluding tert-OH is 1. The van der Waals surface area contributed by atoms with Crippen LogP contribution in [0.1, 0.15) is 53.2 Å². The first kappa shape index (κ1) is 22.5. The Morgan fingerprint density at radius 1 is 0.912 bits per heavy atom. The Balaban J connectivity index is 1.41. The van der Waals surface area contributed by atoms with Crippen LogP contribution < -0.4 is 5.32 Å². The molecule has 0 radical (unpaired) electrons. The monoisotopic (exact) mass is 469 g/mol. The van der Waals surface area contributed by atoms with Gasteiger partial charge in [0.2, 0.25) is 5.95 Å². The Bertz CT molecular complexity index is 1310. The van der Waals surface area contributed by atoms with Crippen LogP contribution in [0.2, 0.25) is 0 Å². The number of nitriles is 1. The van der Waals surface area contributed by atoms with Crippen LogP contribution in [0.15, 0.2) is 54.6 Å². The van der Waals surface area contributed by atoms with Crippen molar-refractivity contribution in [3.05, 3.63) is 82.1 Å². The molecule has 0 bridgehead atoms. The first-order chi connectivity index (χ1) is 16.6. The van der Waals surface area contributed by atoms with E-state index < -0.39 is 0 Å². The molecule has 0 saturated heterocycles. The number of nitrogens with one attached hydrogen (secondary N) is 1. The zero-order valence-electron chi connectivity index (χ0n) is 18.9. The van der Waals surface area contributed by atoms with E-state index in [4.69, 9.17) is 20.2 Å². The summed E-state index contributed by atoms with van der Waals surface area (Å²) < 4.78 is 1.10. The highest BCUT2D eigenvalue weighted by atomic mass is 32.1. The Morgan fingerprint density at radius 3 is 2.44 bits per heavy atom. The van der Waals surface area contributed by atoms with Crippen molar-refractivity contribution in [2.24, 2.45) is 0 Å². The molecule has 1 fully saturated rings. The first-order valence-electron chi connectivity index (χ1n) is 11.8. The largest absolute Gasteiger partial charge is 0.393 e. The SMILES string of the molecule is N#CCc1ccc2nc(Cc3cc(Cc4ccccc4)nc(NC4CCC(O)CC4)n3)sc2c1. The number of hydrogen-bond donors (Lipinski definition) is 2. The Hall–Kier alpha value is -3.34. The summed E-state index contributed by atoms with van der Waals surface area (Å²) in [7, 11) is 0. The molecule has 0 aliphatic heterocycles. The van der Waals surface area contributed by atoms with Gasteiger partial charge in [0.05, 0.1) is 45.2 Å². The normalized spacial score (nSPS) is 18.0. The minimum absolute atomic E-state index is 0.188. The van der Waals surface area contributed by atoms with Gasteiger partial charge in [0.25, 0.3) is 0 Å². The van der Waals surface area contributed by atoms with Crippen molar-refractivity contribution in [3.63, 3.8) is 0 Å². The van der Waals surface area contributed by atoms with Crippen molar-refractivity contribution in [1.82, 2.24) is 15.0 Å². The van der Waals surface area contributed by atoms with Gasteiger partial charge in [0.15, 0.2) is 0 Å². The third-order valence-corrected chi connectivity index (χ3v) is 7.22. The van der Waals surface area contributed by atoms with E-state index in [9.17, 15) is 5.11 Å². The molecule has 2 aromatic carbocycles. The highest BCUT2D eigenvalue weighted by molar-refractivity contribution is 7.18. The average molecular weight is 470 g/mol. The second-order valence-electron chi connectivity index (χ2n) is 8.91. The van der Waals surface area contributed by atoms with Crippen molar-refractivity contribution >= 4 is 27.5 Å².